The van der Waals surface area contributed by atoms with Crippen molar-refractivity contribution in [2.75, 3.05) is 26.3 Å². The molecule has 4 aliphatic rings. The number of ether oxygens (including phenoxy) is 2. The van der Waals surface area contributed by atoms with Gasteiger partial charge in [-0.25, -0.2) is 0 Å². The van der Waals surface area contributed by atoms with Gasteiger partial charge in [0, 0.05) is 25.7 Å². The first kappa shape index (κ1) is 24.0. The Hall–Kier alpha value is -2.19. The minimum absolute atomic E-state index is 0.0178. The van der Waals surface area contributed by atoms with Gasteiger partial charge >= 0.3 is 5.97 Å². The first-order valence-corrected chi connectivity index (χ1v) is 12.3. The summed E-state index contributed by atoms with van der Waals surface area (Å²) in [6.45, 7) is 6.99. The van der Waals surface area contributed by atoms with Crippen LogP contribution in [0, 0.1) is 11.8 Å². The van der Waals surface area contributed by atoms with Crippen LogP contribution in [0.1, 0.15) is 52.9 Å². The molecule has 2 amide bonds. The van der Waals surface area contributed by atoms with Gasteiger partial charge in [-0.1, -0.05) is 38.5 Å². The van der Waals surface area contributed by atoms with Gasteiger partial charge in [0.05, 0.1) is 5.92 Å². The van der Waals surface area contributed by atoms with Gasteiger partial charge in [0.15, 0.2) is 0 Å². The monoisotopic (exact) mass is 460 g/mol. The predicted octanol–water partition coefficient (Wildman–Crippen LogP) is 1.82. The standard InChI is InChI=1S/C25H36N2O6/c1-4-10-17(3)26-14-8-12-25-18(19-23(31)32-16-9-11-24(19,5-2)33-25)21(29)27(13-6-7-15-28)20(25)22(26)30/h8-9,11-12,17-20,28H,4-7,10,13-16H2,1-3H3/t17?,18-,19+,20?,24-,25-/m0/s1. The zero-order valence-corrected chi connectivity index (χ0v) is 19.9. The van der Waals surface area contributed by atoms with Crippen LogP contribution in [-0.4, -0.2) is 82.3 Å². The topological polar surface area (TPSA) is 96.4 Å². The molecule has 4 rings (SSSR count). The molecule has 4 heterocycles. The van der Waals surface area contributed by atoms with Crippen molar-refractivity contribution in [3.05, 3.63) is 24.3 Å². The van der Waals surface area contributed by atoms with Crippen LogP contribution in [0.5, 0.6) is 0 Å². The van der Waals surface area contributed by atoms with Crippen molar-refractivity contribution in [2.45, 2.75) is 76.2 Å². The van der Waals surface area contributed by atoms with Gasteiger partial charge in [-0.2, -0.15) is 0 Å². The summed E-state index contributed by atoms with van der Waals surface area (Å²) in [5, 5.41) is 9.27. The van der Waals surface area contributed by atoms with Crippen LogP contribution in [0.2, 0.25) is 0 Å². The van der Waals surface area contributed by atoms with Crippen molar-refractivity contribution in [3.63, 3.8) is 0 Å². The molecule has 1 N–H and O–H groups in total. The molecule has 8 heteroatoms. The number of cyclic esters (lactones) is 1. The SMILES string of the molecule is CCCC(C)N1CC=C[C@]23O[C@@]4(CC)C=CCOC(=O)[C@H]4[C@H]2C(=O)N(CCCCO)C3C1=O. The number of hydrogen-bond acceptors (Lipinski definition) is 6. The molecule has 0 aromatic carbocycles. The fraction of sp³-hybridized carbons (Fsp3) is 0.720. The summed E-state index contributed by atoms with van der Waals surface area (Å²) in [6.07, 6.45) is 10.8. The Kier molecular flexibility index (Phi) is 6.69. The number of unbranched alkanes of at least 4 members (excludes halogenated alkanes) is 1. The second-order valence-corrected chi connectivity index (χ2v) is 9.65. The van der Waals surface area contributed by atoms with E-state index >= 15 is 0 Å². The molecule has 4 aliphatic heterocycles. The molecular weight excluding hydrogens is 424 g/mol. The third kappa shape index (κ3) is 3.62. The summed E-state index contributed by atoms with van der Waals surface area (Å²) in [7, 11) is 0. The Morgan fingerprint density at radius 2 is 1.91 bits per heavy atom. The Morgan fingerprint density at radius 1 is 1.12 bits per heavy atom. The Labute approximate surface area is 195 Å². The molecule has 2 unspecified atom stereocenters. The molecule has 0 bridgehead atoms. The van der Waals surface area contributed by atoms with E-state index in [4.69, 9.17) is 9.47 Å². The Bertz CT molecular complexity index is 856. The van der Waals surface area contributed by atoms with Crippen LogP contribution in [0.4, 0.5) is 0 Å². The average Bonchev–Trinajstić information content (AvgIpc) is 3.06. The summed E-state index contributed by atoms with van der Waals surface area (Å²) in [4.78, 5) is 44.5. The number of carbonyl (C=O) groups is 3. The lowest BCUT2D eigenvalue weighted by Gasteiger charge is -2.39. The summed E-state index contributed by atoms with van der Waals surface area (Å²) in [5.41, 5.74) is -2.21. The number of hydrogen-bond donors (Lipinski definition) is 1. The number of likely N-dealkylation sites (tertiary alicyclic amines) is 1. The fourth-order valence-electron chi connectivity index (χ4n) is 6.22. The number of carbonyl (C=O) groups excluding carboxylic acids is 3. The highest BCUT2D eigenvalue weighted by Gasteiger charge is 2.75. The number of nitrogens with zero attached hydrogens (tertiary/aromatic N) is 2. The maximum Gasteiger partial charge on any atom is 0.313 e. The largest absolute Gasteiger partial charge is 0.461 e. The zero-order valence-electron chi connectivity index (χ0n) is 19.9. The number of amides is 2. The first-order valence-electron chi connectivity index (χ1n) is 12.3. The van der Waals surface area contributed by atoms with Crippen molar-refractivity contribution in [1.29, 1.82) is 0 Å². The lowest BCUT2D eigenvalue weighted by molar-refractivity contribution is -0.159. The molecule has 2 fully saturated rings. The molecule has 182 valence electrons. The molecular formula is C25H36N2O6. The molecule has 6 atom stereocenters. The van der Waals surface area contributed by atoms with E-state index in [1.54, 1.807) is 11.0 Å². The smallest absolute Gasteiger partial charge is 0.313 e. The van der Waals surface area contributed by atoms with E-state index in [2.05, 4.69) is 6.92 Å². The molecule has 8 nitrogen and oxygen atoms in total. The molecule has 0 saturated carbocycles. The van der Waals surface area contributed by atoms with Gasteiger partial charge in [0.1, 0.15) is 29.8 Å². The van der Waals surface area contributed by atoms with E-state index in [1.807, 2.05) is 37.0 Å². The Morgan fingerprint density at radius 3 is 2.61 bits per heavy atom. The fourth-order valence-corrected chi connectivity index (χ4v) is 6.22. The maximum atomic E-state index is 14.0. The summed E-state index contributed by atoms with van der Waals surface area (Å²) in [6, 6.07) is -0.823. The van der Waals surface area contributed by atoms with Gasteiger partial charge in [-0.3, -0.25) is 14.4 Å². The second kappa shape index (κ2) is 9.22. The van der Waals surface area contributed by atoms with E-state index < -0.39 is 35.0 Å². The number of aliphatic hydroxyl groups is 1. The van der Waals surface area contributed by atoms with Crippen molar-refractivity contribution in [2.24, 2.45) is 11.8 Å². The first-order chi connectivity index (χ1) is 15.9. The number of fused-ring (bicyclic) bond motifs is 2. The highest BCUT2D eigenvalue weighted by atomic mass is 16.6. The van der Waals surface area contributed by atoms with Gasteiger partial charge in [0.2, 0.25) is 11.8 Å². The minimum Gasteiger partial charge on any atom is -0.461 e. The average molecular weight is 461 g/mol. The van der Waals surface area contributed by atoms with E-state index in [0.717, 1.165) is 12.8 Å². The molecule has 33 heavy (non-hydrogen) atoms. The normalized spacial score (nSPS) is 36.2. The van der Waals surface area contributed by atoms with Gasteiger partial charge in [0.25, 0.3) is 0 Å². The molecule has 2 saturated heterocycles. The lowest BCUT2D eigenvalue weighted by Crippen LogP contribution is -2.57. The van der Waals surface area contributed by atoms with Crippen LogP contribution in [0.3, 0.4) is 0 Å². The van der Waals surface area contributed by atoms with E-state index in [-0.39, 0.29) is 31.1 Å². The third-order valence-electron chi connectivity index (χ3n) is 7.77. The summed E-state index contributed by atoms with van der Waals surface area (Å²) in [5.74, 6) is -2.46. The minimum atomic E-state index is -1.23. The molecule has 0 aliphatic carbocycles. The van der Waals surface area contributed by atoms with Gasteiger partial charge in [-0.15, -0.1) is 0 Å². The Balaban J connectivity index is 1.82. The van der Waals surface area contributed by atoms with Crippen LogP contribution in [0.15, 0.2) is 24.3 Å². The predicted molar refractivity (Wildman–Crippen MR) is 121 cm³/mol. The second-order valence-electron chi connectivity index (χ2n) is 9.65. The molecule has 0 aromatic heterocycles. The number of aliphatic hydroxyl groups excluding tert-OH is 1. The number of esters is 1. The maximum absolute atomic E-state index is 14.0. The van der Waals surface area contributed by atoms with Crippen molar-refractivity contribution in [1.82, 2.24) is 9.80 Å². The van der Waals surface area contributed by atoms with Crippen LogP contribution < -0.4 is 0 Å². The van der Waals surface area contributed by atoms with Crippen LogP contribution in [0.25, 0.3) is 0 Å². The molecule has 0 aromatic rings. The molecule has 0 radical (unpaired) electrons. The summed E-state index contributed by atoms with van der Waals surface area (Å²) >= 11 is 0. The van der Waals surface area contributed by atoms with Crippen molar-refractivity contribution >= 4 is 17.8 Å². The molecule has 1 spiro atoms. The van der Waals surface area contributed by atoms with Crippen molar-refractivity contribution in [3.8, 4) is 0 Å². The highest BCUT2D eigenvalue weighted by Crippen LogP contribution is 2.58. The van der Waals surface area contributed by atoms with E-state index in [9.17, 15) is 19.5 Å². The zero-order chi connectivity index (χ0) is 23.8. The quantitative estimate of drug-likeness (QED) is 0.337. The highest BCUT2D eigenvalue weighted by molar-refractivity contribution is 5.99. The van der Waals surface area contributed by atoms with Crippen LogP contribution in [-0.2, 0) is 23.9 Å². The van der Waals surface area contributed by atoms with Gasteiger partial charge in [-0.05, 0) is 38.7 Å². The third-order valence-corrected chi connectivity index (χ3v) is 7.77. The van der Waals surface area contributed by atoms with E-state index in [0.29, 0.717) is 32.4 Å². The van der Waals surface area contributed by atoms with Crippen molar-refractivity contribution < 1.29 is 29.0 Å². The van der Waals surface area contributed by atoms with Gasteiger partial charge < -0.3 is 24.4 Å². The number of rotatable bonds is 8. The lowest BCUT2D eigenvalue weighted by atomic mass is 9.73. The van der Waals surface area contributed by atoms with E-state index in [1.165, 1.54) is 0 Å². The summed E-state index contributed by atoms with van der Waals surface area (Å²) < 4.78 is 12.2. The van der Waals surface area contributed by atoms with Crippen LogP contribution >= 0.6 is 0 Å².